The first-order valence-electron chi connectivity index (χ1n) is 8.93. The predicted octanol–water partition coefficient (Wildman–Crippen LogP) is 2.06. The number of esters is 1. The molecular weight excluding hydrogens is 374 g/mol. The van der Waals surface area contributed by atoms with Crippen LogP contribution in [0, 0.1) is 6.92 Å². The Morgan fingerprint density at radius 2 is 2.17 bits per heavy atom. The minimum absolute atomic E-state index is 0.0681. The Morgan fingerprint density at radius 3 is 2.83 bits per heavy atom. The lowest BCUT2D eigenvalue weighted by molar-refractivity contribution is -0.136. The second kappa shape index (κ2) is 7.31. The van der Waals surface area contributed by atoms with Crippen molar-refractivity contribution in [3.63, 3.8) is 0 Å². The van der Waals surface area contributed by atoms with Gasteiger partial charge in [-0.3, -0.25) is 9.78 Å². The number of rotatable bonds is 4. The van der Waals surface area contributed by atoms with Crippen LogP contribution in [0.25, 0.3) is 0 Å². The number of fused-ring (bicyclic) bond motifs is 1. The number of carbonyl (C=O) groups excluding carboxylic acids is 1. The normalized spacial score (nSPS) is 15.6. The van der Waals surface area contributed by atoms with E-state index in [9.17, 15) is 9.59 Å². The summed E-state index contributed by atoms with van der Waals surface area (Å²) in [5, 5.41) is 0. The number of aryl methyl sites for hydroxylation is 1. The molecule has 3 aromatic rings. The zero-order chi connectivity index (χ0) is 20.5. The van der Waals surface area contributed by atoms with Gasteiger partial charge in [-0.15, -0.1) is 0 Å². The molecular formula is C21H19N3O5. The topological polar surface area (TPSA) is 110 Å². The summed E-state index contributed by atoms with van der Waals surface area (Å²) >= 11 is 0. The molecule has 4 rings (SSSR count). The van der Waals surface area contributed by atoms with E-state index in [-0.39, 0.29) is 23.6 Å². The van der Waals surface area contributed by atoms with E-state index >= 15 is 0 Å². The van der Waals surface area contributed by atoms with E-state index in [0.717, 1.165) is 0 Å². The number of hydrogen-bond donors (Lipinski definition) is 1. The molecule has 0 radical (unpaired) electrons. The van der Waals surface area contributed by atoms with Crippen molar-refractivity contribution < 1.29 is 18.7 Å². The fourth-order valence-corrected chi connectivity index (χ4v) is 3.53. The van der Waals surface area contributed by atoms with Gasteiger partial charge in [0.1, 0.15) is 17.1 Å². The molecule has 148 valence electrons. The van der Waals surface area contributed by atoms with Gasteiger partial charge in [0.15, 0.2) is 0 Å². The standard InChI is InChI=1S/C21H19N3O5/c1-12-9-15-17(20(25)24(12)11-14-6-4-8-28-14)16(13-5-3-7-23-10-13)18(19(22)29-15)21(26)27-2/h3-10,16H,11,22H2,1-2H3/t16-/m0/s1. The number of pyridine rings is 2. The molecule has 0 saturated heterocycles. The van der Waals surface area contributed by atoms with Gasteiger partial charge in [-0.1, -0.05) is 6.07 Å². The van der Waals surface area contributed by atoms with Gasteiger partial charge in [0.25, 0.3) is 5.56 Å². The van der Waals surface area contributed by atoms with Crippen LogP contribution in [-0.4, -0.2) is 22.6 Å². The van der Waals surface area contributed by atoms with Crippen LogP contribution in [0.5, 0.6) is 5.75 Å². The average Bonchev–Trinajstić information content (AvgIpc) is 3.23. The summed E-state index contributed by atoms with van der Waals surface area (Å²) in [5.41, 5.74) is 7.42. The molecule has 0 amide bonds. The van der Waals surface area contributed by atoms with Crippen molar-refractivity contribution in [2.24, 2.45) is 5.73 Å². The maximum absolute atomic E-state index is 13.5. The lowest BCUT2D eigenvalue weighted by Crippen LogP contribution is -2.35. The zero-order valence-corrected chi connectivity index (χ0v) is 15.9. The summed E-state index contributed by atoms with van der Waals surface area (Å²) in [6.07, 6.45) is 4.75. The minimum atomic E-state index is -0.768. The first-order valence-corrected chi connectivity index (χ1v) is 8.93. The smallest absolute Gasteiger partial charge is 0.340 e. The van der Waals surface area contributed by atoms with E-state index in [1.54, 1.807) is 60.5 Å². The first kappa shape index (κ1) is 18.5. The van der Waals surface area contributed by atoms with Crippen molar-refractivity contribution >= 4 is 5.97 Å². The number of hydrogen-bond acceptors (Lipinski definition) is 7. The van der Waals surface area contributed by atoms with Gasteiger partial charge in [0.05, 0.1) is 31.4 Å². The fourth-order valence-electron chi connectivity index (χ4n) is 3.53. The maximum atomic E-state index is 13.5. The molecule has 8 heteroatoms. The van der Waals surface area contributed by atoms with E-state index < -0.39 is 11.9 Å². The lowest BCUT2D eigenvalue weighted by Gasteiger charge is -2.28. The number of furan rings is 1. The van der Waals surface area contributed by atoms with Crippen LogP contribution in [0.2, 0.25) is 0 Å². The second-order valence-electron chi connectivity index (χ2n) is 6.63. The highest BCUT2D eigenvalue weighted by atomic mass is 16.5. The Balaban J connectivity index is 1.95. The lowest BCUT2D eigenvalue weighted by atomic mass is 9.84. The highest BCUT2D eigenvalue weighted by molar-refractivity contribution is 5.92. The fraction of sp³-hybridized carbons (Fsp3) is 0.190. The first-order chi connectivity index (χ1) is 14.0. The molecule has 0 saturated carbocycles. The second-order valence-corrected chi connectivity index (χ2v) is 6.63. The summed E-state index contributed by atoms with van der Waals surface area (Å²) < 4.78 is 17.5. The number of aromatic nitrogens is 2. The quantitative estimate of drug-likeness (QED) is 0.676. The van der Waals surface area contributed by atoms with E-state index in [0.29, 0.717) is 28.3 Å². The molecule has 0 fully saturated rings. The Morgan fingerprint density at radius 1 is 1.34 bits per heavy atom. The van der Waals surface area contributed by atoms with Gasteiger partial charge in [0, 0.05) is 24.2 Å². The van der Waals surface area contributed by atoms with Crippen LogP contribution in [0.1, 0.15) is 28.5 Å². The van der Waals surface area contributed by atoms with Crippen molar-refractivity contribution in [1.29, 1.82) is 0 Å². The van der Waals surface area contributed by atoms with E-state index in [1.807, 2.05) is 0 Å². The van der Waals surface area contributed by atoms with Crippen molar-refractivity contribution in [3.8, 4) is 5.75 Å². The molecule has 0 aliphatic carbocycles. The summed E-state index contributed by atoms with van der Waals surface area (Å²) in [4.78, 5) is 30.1. The Kier molecular flexibility index (Phi) is 4.67. The van der Waals surface area contributed by atoms with Crippen molar-refractivity contribution in [2.75, 3.05) is 7.11 Å². The number of nitrogens with zero attached hydrogens (tertiary/aromatic N) is 2. The summed E-state index contributed by atoms with van der Waals surface area (Å²) in [6, 6.07) is 8.78. The Bertz CT molecular complexity index is 1150. The van der Waals surface area contributed by atoms with E-state index in [4.69, 9.17) is 19.6 Å². The zero-order valence-electron chi connectivity index (χ0n) is 15.9. The maximum Gasteiger partial charge on any atom is 0.340 e. The highest BCUT2D eigenvalue weighted by Crippen LogP contribution is 2.41. The molecule has 1 atom stereocenters. The molecule has 2 N–H and O–H groups in total. The molecule has 1 aliphatic rings. The van der Waals surface area contributed by atoms with Crippen LogP contribution in [0.15, 0.2) is 69.7 Å². The van der Waals surface area contributed by atoms with Gasteiger partial charge >= 0.3 is 5.97 Å². The third-order valence-corrected chi connectivity index (χ3v) is 4.89. The molecule has 1 aliphatic heterocycles. The molecule has 0 aromatic carbocycles. The average molecular weight is 393 g/mol. The molecule has 4 heterocycles. The van der Waals surface area contributed by atoms with Crippen LogP contribution >= 0.6 is 0 Å². The Hall–Kier alpha value is -3.81. The van der Waals surface area contributed by atoms with E-state index in [1.165, 1.54) is 7.11 Å². The van der Waals surface area contributed by atoms with E-state index in [2.05, 4.69) is 4.98 Å². The third kappa shape index (κ3) is 3.18. The third-order valence-electron chi connectivity index (χ3n) is 4.89. The van der Waals surface area contributed by atoms with Gasteiger partial charge in [-0.25, -0.2) is 4.79 Å². The summed E-state index contributed by atoms with van der Waals surface area (Å²) in [5.74, 6) is -0.591. The number of carbonyl (C=O) groups is 1. The van der Waals surface area contributed by atoms with Crippen LogP contribution < -0.4 is 16.0 Å². The van der Waals surface area contributed by atoms with Crippen LogP contribution in [0.4, 0.5) is 0 Å². The molecule has 0 spiro atoms. The van der Waals surface area contributed by atoms with Crippen molar-refractivity contribution in [2.45, 2.75) is 19.4 Å². The molecule has 0 bridgehead atoms. The largest absolute Gasteiger partial charge is 0.467 e. The van der Waals surface area contributed by atoms with Crippen molar-refractivity contribution in [3.05, 3.63) is 93.4 Å². The highest BCUT2D eigenvalue weighted by Gasteiger charge is 2.38. The van der Waals surface area contributed by atoms with Crippen LogP contribution in [-0.2, 0) is 16.1 Å². The van der Waals surface area contributed by atoms with Gasteiger partial charge < -0.3 is 24.2 Å². The number of ether oxygens (including phenoxy) is 2. The monoisotopic (exact) mass is 393 g/mol. The van der Waals surface area contributed by atoms with Gasteiger partial charge in [0.2, 0.25) is 5.88 Å². The molecule has 3 aromatic heterocycles. The number of methoxy groups -OCH3 is 1. The van der Waals surface area contributed by atoms with Crippen molar-refractivity contribution in [1.82, 2.24) is 9.55 Å². The van der Waals surface area contributed by atoms with Gasteiger partial charge in [-0.2, -0.15) is 0 Å². The van der Waals surface area contributed by atoms with Gasteiger partial charge in [-0.05, 0) is 30.7 Å². The number of nitrogens with two attached hydrogens (primary N) is 1. The predicted molar refractivity (Wildman–Crippen MR) is 103 cm³/mol. The van der Waals surface area contributed by atoms with Crippen LogP contribution in [0.3, 0.4) is 0 Å². The SMILES string of the molecule is COC(=O)C1=C(N)Oc2cc(C)n(Cc3ccco3)c(=O)c2[C@@H]1c1cccnc1. The summed E-state index contributed by atoms with van der Waals surface area (Å²) in [7, 11) is 1.25. The Labute approximate surface area is 166 Å². The minimum Gasteiger partial charge on any atom is -0.467 e. The molecule has 29 heavy (non-hydrogen) atoms. The summed E-state index contributed by atoms with van der Waals surface area (Å²) in [6.45, 7) is 2.04. The molecule has 0 unspecified atom stereocenters. The molecule has 8 nitrogen and oxygen atoms in total.